The molecule has 1 spiro atoms. The molecular formula is C29H35BBrNO4. The Kier molecular flexibility index (Phi) is 5.56. The zero-order valence-corrected chi connectivity index (χ0v) is 23.1. The lowest BCUT2D eigenvalue weighted by atomic mass is 9.50. The molecule has 3 aliphatic carbocycles. The third-order valence-corrected chi connectivity index (χ3v) is 10.9. The molecule has 3 fully saturated rings. The molecule has 2 aromatic rings. The summed E-state index contributed by atoms with van der Waals surface area (Å²) in [6.45, 7) is 2.88. The van der Waals surface area contributed by atoms with Crippen LogP contribution in [0.1, 0.15) is 42.4 Å². The number of halogens is 1. The number of piperidine rings is 1. The molecule has 2 aromatic carbocycles. The van der Waals surface area contributed by atoms with E-state index in [0.29, 0.717) is 18.6 Å². The largest absolute Gasteiger partial charge is 0.485 e. The molecule has 2 bridgehead atoms. The van der Waals surface area contributed by atoms with Crippen LogP contribution in [0.25, 0.3) is 0 Å². The molecule has 1 saturated heterocycles. The molecule has 5 atom stereocenters. The van der Waals surface area contributed by atoms with Crippen molar-refractivity contribution in [2.75, 3.05) is 27.3 Å². The van der Waals surface area contributed by atoms with Gasteiger partial charge in [-0.3, -0.25) is 4.90 Å². The molecule has 7 rings (SSSR count). The molecule has 0 N–H and O–H groups in total. The minimum absolute atomic E-state index is 0.0529. The van der Waals surface area contributed by atoms with E-state index in [-0.39, 0.29) is 16.3 Å². The Labute approximate surface area is 223 Å². The van der Waals surface area contributed by atoms with Gasteiger partial charge in [-0.1, -0.05) is 51.7 Å². The van der Waals surface area contributed by atoms with Crippen molar-refractivity contribution in [2.45, 2.75) is 66.9 Å². The number of hydrogen-bond acceptors (Lipinski definition) is 5. The Balaban J connectivity index is 1.36. The number of likely N-dealkylation sites (tertiary alicyclic amines) is 1. The zero-order chi connectivity index (χ0) is 24.7. The number of ether oxygens (including phenoxy) is 4. The summed E-state index contributed by atoms with van der Waals surface area (Å²) in [6.07, 6.45) is 5.74. The second-order valence-corrected chi connectivity index (χ2v) is 12.7. The summed E-state index contributed by atoms with van der Waals surface area (Å²) in [5.74, 6) is 2.31. The first-order chi connectivity index (χ1) is 17.5. The van der Waals surface area contributed by atoms with Gasteiger partial charge in [0.15, 0.2) is 17.6 Å². The lowest BCUT2D eigenvalue weighted by Gasteiger charge is -2.62. The van der Waals surface area contributed by atoms with E-state index < -0.39 is 5.79 Å². The van der Waals surface area contributed by atoms with Crippen LogP contribution in [0.5, 0.6) is 11.5 Å². The zero-order valence-electron chi connectivity index (χ0n) is 21.5. The van der Waals surface area contributed by atoms with Crippen molar-refractivity contribution in [2.24, 2.45) is 11.8 Å². The number of rotatable bonds is 7. The van der Waals surface area contributed by atoms with Crippen LogP contribution >= 0.6 is 15.9 Å². The van der Waals surface area contributed by atoms with Gasteiger partial charge in [-0.25, -0.2) is 0 Å². The van der Waals surface area contributed by atoms with E-state index >= 15 is 0 Å². The van der Waals surface area contributed by atoms with Crippen LogP contribution < -0.4 is 14.9 Å². The summed E-state index contributed by atoms with van der Waals surface area (Å²) in [7, 11) is 5.79. The van der Waals surface area contributed by atoms with Gasteiger partial charge in [-0.05, 0) is 67.7 Å². The third-order valence-electron chi connectivity index (χ3n) is 9.89. The molecule has 190 valence electrons. The van der Waals surface area contributed by atoms with Crippen LogP contribution in [0.4, 0.5) is 0 Å². The number of methoxy groups -OCH3 is 2. The molecular weight excluding hydrogens is 517 g/mol. The first-order valence-corrected chi connectivity index (χ1v) is 14.4. The Hall–Kier alpha value is -1.54. The maximum absolute atomic E-state index is 7.03. The van der Waals surface area contributed by atoms with Crippen molar-refractivity contribution in [3.05, 3.63) is 53.1 Å². The Morgan fingerprint density at radius 2 is 1.94 bits per heavy atom. The lowest BCUT2D eigenvalue weighted by molar-refractivity contribution is -0.287. The molecule has 2 heterocycles. The number of nitrogens with zero attached hydrogens (tertiary/aromatic N) is 1. The molecule has 5 aliphatic rings. The van der Waals surface area contributed by atoms with E-state index in [1.807, 2.05) is 6.07 Å². The number of hydrogen-bond donors (Lipinski definition) is 0. The Bertz CT molecular complexity index is 1170. The molecule has 0 aromatic heterocycles. The van der Waals surface area contributed by atoms with Gasteiger partial charge < -0.3 is 18.9 Å². The molecule has 2 saturated carbocycles. The SMILES string of the molecule is Bc1cc(OCc2ccccc2)c2c3c1CC1C4CC(Br)C(OC)(OC)[C@@H](O2)[C@@]34CCN1CC1CC1. The van der Waals surface area contributed by atoms with Crippen LogP contribution in [-0.2, 0) is 27.9 Å². The van der Waals surface area contributed by atoms with E-state index in [4.69, 9.17) is 18.9 Å². The van der Waals surface area contributed by atoms with Crippen molar-refractivity contribution in [3.8, 4) is 11.5 Å². The predicted molar refractivity (Wildman–Crippen MR) is 145 cm³/mol. The summed E-state index contributed by atoms with van der Waals surface area (Å²) < 4.78 is 26.0. The topological polar surface area (TPSA) is 40.2 Å². The fourth-order valence-electron chi connectivity index (χ4n) is 8.04. The van der Waals surface area contributed by atoms with Crippen molar-refractivity contribution in [1.29, 1.82) is 0 Å². The molecule has 7 heteroatoms. The normalized spacial score (nSPS) is 33.6. The predicted octanol–water partition coefficient (Wildman–Crippen LogP) is 3.34. The first-order valence-electron chi connectivity index (χ1n) is 13.5. The number of benzene rings is 2. The molecule has 2 aliphatic heterocycles. The summed E-state index contributed by atoms with van der Waals surface area (Å²) in [4.78, 5) is 2.87. The van der Waals surface area contributed by atoms with E-state index in [1.54, 1.807) is 14.2 Å². The van der Waals surface area contributed by atoms with Crippen molar-refractivity contribution >= 4 is 29.2 Å². The fraction of sp³-hybridized carbons (Fsp3) is 0.586. The highest BCUT2D eigenvalue weighted by Crippen LogP contribution is 2.66. The minimum atomic E-state index is -0.849. The average molecular weight is 552 g/mol. The minimum Gasteiger partial charge on any atom is -0.485 e. The van der Waals surface area contributed by atoms with Gasteiger partial charge in [-0.2, -0.15) is 0 Å². The van der Waals surface area contributed by atoms with Gasteiger partial charge in [0.1, 0.15) is 14.5 Å². The van der Waals surface area contributed by atoms with Crippen LogP contribution in [0.3, 0.4) is 0 Å². The average Bonchev–Trinajstić information content (AvgIpc) is 3.64. The maximum Gasteiger partial charge on any atom is 0.219 e. The smallest absolute Gasteiger partial charge is 0.219 e. The second-order valence-electron chi connectivity index (χ2n) is 11.6. The lowest BCUT2D eigenvalue weighted by Crippen LogP contribution is -2.74. The van der Waals surface area contributed by atoms with E-state index in [1.165, 1.54) is 36.0 Å². The van der Waals surface area contributed by atoms with Crippen molar-refractivity contribution in [3.63, 3.8) is 0 Å². The summed E-state index contributed by atoms with van der Waals surface area (Å²) >= 11 is 4.02. The summed E-state index contributed by atoms with van der Waals surface area (Å²) in [5.41, 5.74) is 5.21. The Morgan fingerprint density at radius 1 is 1.17 bits per heavy atom. The van der Waals surface area contributed by atoms with Gasteiger partial charge in [0.05, 0.1) is 4.83 Å². The van der Waals surface area contributed by atoms with Crippen molar-refractivity contribution < 1.29 is 18.9 Å². The highest BCUT2D eigenvalue weighted by molar-refractivity contribution is 9.09. The molecule has 0 amide bonds. The van der Waals surface area contributed by atoms with Gasteiger partial charge >= 0.3 is 0 Å². The molecule has 0 radical (unpaired) electrons. The van der Waals surface area contributed by atoms with E-state index in [0.717, 1.165) is 48.8 Å². The summed E-state index contributed by atoms with van der Waals surface area (Å²) in [6, 6.07) is 13.1. The molecule has 3 unspecified atom stereocenters. The maximum atomic E-state index is 7.03. The van der Waals surface area contributed by atoms with Crippen molar-refractivity contribution in [1.82, 2.24) is 4.90 Å². The van der Waals surface area contributed by atoms with Gasteiger partial charge in [0.2, 0.25) is 5.79 Å². The monoisotopic (exact) mass is 551 g/mol. The van der Waals surface area contributed by atoms with Crippen LogP contribution in [-0.4, -0.2) is 62.8 Å². The van der Waals surface area contributed by atoms with Gasteiger partial charge in [-0.15, -0.1) is 0 Å². The fourth-order valence-corrected chi connectivity index (χ4v) is 9.06. The molecule has 36 heavy (non-hydrogen) atoms. The van der Waals surface area contributed by atoms with Gasteiger partial charge in [0.25, 0.3) is 0 Å². The first kappa shape index (κ1) is 23.6. The van der Waals surface area contributed by atoms with Crippen LogP contribution in [0, 0.1) is 11.8 Å². The van der Waals surface area contributed by atoms with E-state index in [9.17, 15) is 0 Å². The molecule has 5 nitrogen and oxygen atoms in total. The standard InChI is InChI=1S/C29H35BBrNO4/c1-33-29(34-2)24(31)13-20-22-12-19-21(30)14-23(35-16-18-6-4-3-5-7-18)26-25(19)28(20,27(29)36-26)10-11-32(22)15-17-8-9-17/h3-7,14,17,20,22,24,27H,8-13,15-16,30H2,1-2H3/t20?,22?,24?,27-,28+/m0/s1. The number of alkyl halides is 1. The van der Waals surface area contributed by atoms with Gasteiger partial charge in [0, 0.05) is 37.8 Å². The second kappa shape index (κ2) is 8.49. The van der Waals surface area contributed by atoms with E-state index in [2.05, 4.69) is 59.0 Å². The highest BCUT2D eigenvalue weighted by Gasteiger charge is 2.73. The quantitative estimate of drug-likeness (QED) is 0.300. The van der Waals surface area contributed by atoms with Crippen LogP contribution in [0.15, 0.2) is 36.4 Å². The van der Waals surface area contributed by atoms with Crippen LogP contribution in [0.2, 0.25) is 0 Å². The summed E-state index contributed by atoms with van der Waals surface area (Å²) in [5, 5.41) is 0. The third kappa shape index (κ3) is 3.18. The highest BCUT2D eigenvalue weighted by atomic mass is 79.9. The Morgan fingerprint density at radius 3 is 2.67 bits per heavy atom.